The summed E-state index contributed by atoms with van der Waals surface area (Å²) in [6, 6.07) is 11.9. The Bertz CT molecular complexity index is 217. The van der Waals surface area contributed by atoms with E-state index in [4.69, 9.17) is 0 Å². The molecule has 1 aliphatic heterocycles. The lowest BCUT2D eigenvalue weighted by atomic mass is 10.1. The molecule has 0 aliphatic carbocycles. The molecule has 1 aromatic carbocycles. The van der Waals surface area contributed by atoms with E-state index in [0.29, 0.717) is 12.1 Å². The van der Waals surface area contributed by atoms with Crippen LogP contribution in [0, 0.1) is 0 Å². The third kappa shape index (κ3) is 0.929. The van der Waals surface area contributed by atoms with E-state index in [9.17, 15) is 0 Å². The van der Waals surface area contributed by atoms with Crippen LogP contribution < -0.4 is 5.32 Å². The molecule has 1 nitrogen and oxygen atoms in total. The molecule has 52 valence electrons. The Kier molecular flexibility index (Phi) is 1.24. The molecule has 10 heavy (non-hydrogen) atoms. The summed E-state index contributed by atoms with van der Waals surface area (Å²) in [6.07, 6.45) is 0. The second-order valence-corrected chi connectivity index (χ2v) is 2.84. The van der Waals surface area contributed by atoms with Crippen LogP contribution in [-0.4, -0.2) is 6.04 Å². The maximum absolute atomic E-state index is 3.35. The zero-order chi connectivity index (χ0) is 6.97. The van der Waals surface area contributed by atoms with Gasteiger partial charge in [0.1, 0.15) is 0 Å². The third-order valence-electron chi connectivity index (χ3n) is 1.99. The van der Waals surface area contributed by atoms with Gasteiger partial charge in [-0.1, -0.05) is 30.3 Å². The first kappa shape index (κ1) is 5.93. The quantitative estimate of drug-likeness (QED) is 0.579. The maximum atomic E-state index is 3.35. The largest absolute Gasteiger partial charge is 0.304 e. The van der Waals surface area contributed by atoms with Crippen molar-refractivity contribution in [3.8, 4) is 0 Å². The fraction of sp³-hybridized carbons (Fsp3) is 0.333. The van der Waals surface area contributed by atoms with Gasteiger partial charge >= 0.3 is 0 Å². The topological polar surface area (TPSA) is 21.9 Å². The smallest absolute Gasteiger partial charge is 0.0476 e. The molecule has 0 unspecified atom stereocenters. The second-order valence-electron chi connectivity index (χ2n) is 2.84. The lowest BCUT2D eigenvalue weighted by Crippen LogP contribution is -1.81. The van der Waals surface area contributed by atoms with Crippen molar-refractivity contribution >= 4 is 0 Å². The van der Waals surface area contributed by atoms with Crippen LogP contribution in [0.15, 0.2) is 30.3 Å². The van der Waals surface area contributed by atoms with E-state index in [0.717, 1.165) is 0 Å². The minimum Gasteiger partial charge on any atom is -0.304 e. The number of hydrogen-bond donors (Lipinski definition) is 1. The Hall–Kier alpha value is -0.820. The zero-order valence-electron chi connectivity index (χ0n) is 6.04. The van der Waals surface area contributed by atoms with Crippen molar-refractivity contribution in [3.63, 3.8) is 0 Å². The van der Waals surface area contributed by atoms with Crippen molar-refractivity contribution in [2.45, 2.75) is 19.0 Å². The van der Waals surface area contributed by atoms with Crippen molar-refractivity contribution in [2.75, 3.05) is 0 Å². The van der Waals surface area contributed by atoms with Crippen molar-refractivity contribution in [3.05, 3.63) is 35.9 Å². The molecule has 1 heterocycles. The zero-order valence-corrected chi connectivity index (χ0v) is 6.04. The number of benzene rings is 1. The normalized spacial score (nSPS) is 30.1. The maximum Gasteiger partial charge on any atom is 0.0476 e. The first-order chi connectivity index (χ1) is 4.88. The number of rotatable bonds is 1. The predicted molar refractivity (Wildman–Crippen MR) is 41.8 cm³/mol. The minimum atomic E-state index is 0.626. The monoisotopic (exact) mass is 133 g/mol. The van der Waals surface area contributed by atoms with Crippen molar-refractivity contribution in [1.82, 2.24) is 5.32 Å². The van der Waals surface area contributed by atoms with Gasteiger partial charge in [0, 0.05) is 12.1 Å². The molecule has 1 heteroatoms. The van der Waals surface area contributed by atoms with Crippen LogP contribution in [0.5, 0.6) is 0 Å². The average molecular weight is 133 g/mol. The fourth-order valence-electron chi connectivity index (χ4n) is 1.27. The molecule has 1 aromatic rings. The molecular weight excluding hydrogens is 122 g/mol. The summed E-state index contributed by atoms with van der Waals surface area (Å²) in [5, 5.41) is 3.35. The number of hydrogen-bond acceptors (Lipinski definition) is 1. The molecule has 2 atom stereocenters. The van der Waals surface area contributed by atoms with E-state index in [-0.39, 0.29) is 0 Å². The molecule has 1 fully saturated rings. The van der Waals surface area contributed by atoms with Gasteiger partial charge in [0.15, 0.2) is 0 Å². The molecular formula is C9H11N. The molecule has 0 radical (unpaired) electrons. The lowest BCUT2D eigenvalue weighted by molar-refractivity contribution is 1.04. The Morgan fingerprint density at radius 1 is 1.20 bits per heavy atom. The van der Waals surface area contributed by atoms with Crippen molar-refractivity contribution in [2.24, 2.45) is 0 Å². The van der Waals surface area contributed by atoms with Crippen LogP contribution >= 0.6 is 0 Å². The summed E-state index contributed by atoms with van der Waals surface area (Å²) >= 11 is 0. The van der Waals surface area contributed by atoms with Gasteiger partial charge in [0.05, 0.1) is 0 Å². The van der Waals surface area contributed by atoms with E-state index in [2.05, 4.69) is 42.6 Å². The second kappa shape index (κ2) is 2.10. The Balaban J connectivity index is 2.20. The van der Waals surface area contributed by atoms with Gasteiger partial charge in [-0.2, -0.15) is 0 Å². The van der Waals surface area contributed by atoms with Crippen molar-refractivity contribution in [1.29, 1.82) is 0 Å². The first-order valence-electron chi connectivity index (χ1n) is 3.69. The lowest BCUT2D eigenvalue weighted by Gasteiger charge is -1.92. The van der Waals surface area contributed by atoms with E-state index in [1.807, 2.05) is 0 Å². The van der Waals surface area contributed by atoms with E-state index < -0.39 is 0 Å². The molecule has 0 saturated carbocycles. The van der Waals surface area contributed by atoms with Crippen LogP contribution in [0.3, 0.4) is 0 Å². The fourth-order valence-corrected chi connectivity index (χ4v) is 1.27. The first-order valence-corrected chi connectivity index (χ1v) is 3.69. The van der Waals surface area contributed by atoms with Crippen LogP contribution in [0.25, 0.3) is 0 Å². The summed E-state index contributed by atoms with van der Waals surface area (Å²) in [5.74, 6) is 0. The van der Waals surface area contributed by atoms with Gasteiger partial charge in [-0.15, -0.1) is 0 Å². The van der Waals surface area contributed by atoms with Gasteiger partial charge in [-0.05, 0) is 12.5 Å². The Morgan fingerprint density at radius 3 is 2.30 bits per heavy atom. The molecule has 0 spiro atoms. The molecule has 1 aliphatic rings. The van der Waals surface area contributed by atoms with Crippen LogP contribution in [0.1, 0.15) is 18.5 Å². The average Bonchev–Trinajstić information content (AvgIpc) is 2.69. The standard InChI is InChI=1S/C9H11N/c1-7-9(10-7)8-5-3-2-4-6-8/h2-7,9-10H,1H3/t7-,9+/m1/s1. The minimum absolute atomic E-state index is 0.626. The summed E-state index contributed by atoms with van der Waals surface area (Å²) in [4.78, 5) is 0. The molecule has 1 saturated heterocycles. The van der Waals surface area contributed by atoms with E-state index >= 15 is 0 Å². The highest BCUT2D eigenvalue weighted by Gasteiger charge is 2.32. The Morgan fingerprint density at radius 2 is 1.80 bits per heavy atom. The molecule has 0 aromatic heterocycles. The molecule has 1 N–H and O–H groups in total. The Labute approximate surface area is 61.1 Å². The van der Waals surface area contributed by atoms with Gasteiger partial charge in [-0.25, -0.2) is 0 Å². The highest BCUT2D eigenvalue weighted by Crippen LogP contribution is 2.28. The molecule has 2 rings (SSSR count). The third-order valence-corrected chi connectivity index (χ3v) is 1.99. The van der Waals surface area contributed by atoms with Crippen LogP contribution in [-0.2, 0) is 0 Å². The summed E-state index contributed by atoms with van der Waals surface area (Å²) in [6.45, 7) is 2.21. The summed E-state index contributed by atoms with van der Waals surface area (Å²) < 4.78 is 0. The van der Waals surface area contributed by atoms with E-state index in [1.165, 1.54) is 5.56 Å². The number of nitrogens with one attached hydrogen (secondary N) is 1. The predicted octanol–water partition coefficient (Wildman–Crippen LogP) is 1.72. The highest BCUT2D eigenvalue weighted by molar-refractivity contribution is 5.25. The van der Waals surface area contributed by atoms with Gasteiger partial charge < -0.3 is 5.32 Å². The van der Waals surface area contributed by atoms with Gasteiger partial charge in [0.2, 0.25) is 0 Å². The van der Waals surface area contributed by atoms with Gasteiger partial charge in [-0.3, -0.25) is 0 Å². The van der Waals surface area contributed by atoms with Crippen LogP contribution in [0.2, 0.25) is 0 Å². The molecule has 0 amide bonds. The van der Waals surface area contributed by atoms with Crippen LogP contribution in [0.4, 0.5) is 0 Å². The summed E-state index contributed by atoms with van der Waals surface area (Å²) in [5.41, 5.74) is 1.41. The summed E-state index contributed by atoms with van der Waals surface area (Å²) in [7, 11) is 0. The SMILES string of the molecule is C[C@H]1N[C@@H]1c1ccccc1. The van der Waals surface area contributed by atoms with E-state index in [1.54, 1.807) is 0 Å². The molecule has 0 bridgehead atoms. The highest BCUT2D eigenvalue weighted by atomic mass is 15.1. The van der Waals surface area contributed by atoms with Crippen molar-refractivity contribution < 1.29 is 0 Å². The van der Waals surface area contributed by atoms with Gasteiger partial charge in [0.25, 0.3) is 0 Å².